The van der Waals surface area contributed by atoms with E-state index >= 15 is 0 Å². The van der Waals surface area contributed by atoms with E-state index in [0.29, 0.717) is 0 Å². The van der Waals surface area contributed by atoms with Gasteiger partial charge < -0.3 is 9.47 Å². The van der Waals surface area contributed by atoms with E-state index in [1.165, 1.54) is 44.9 Å². The zero-order valence-electron chi connectivity index (χ0n) is 14.5. The zero-order valence-corrected chi connectivity index (χ0v) is 14.5. The Morgan fingerprint density at radius 2 is 1.14 bits per heavy atom. The summed E-state index contributed by atoms with van der Waals surface area (Å²) in [6.45, 7) is 5.23. The summed E-state index contributed by atoms with van der Waals surface area (Å²) in [5.74, 6) is -1.72. The van der Waals surface area contributed by atoms with Crippen LogP contribution in [0.1, 0.15) is 91.4 Å². The molecule has 4 heteroatoms. The van der Waals surface area contributed by atoms with Gasteiger partial charge in [0.1, 0.15) is 11.7 Å². The molecule has 0 radical (unpaired) electrons. The summed E-state index contributed by atoms with van der Waals surface area (Å²) in [5.41, 5.74) is -0.664. The highest BCUT2D eigenvalue weighted by molar-refractivity contribution is 6.29. The molecule has 1 aliphatic rings. The topological polar surface area (TPSA) is 52.6 Å². The third-order valence-corrected chi connectivity index (χ3v) is 3.89. The van der Waals surface area contributed by atoms with Gasteiger partial charge in [-0.1, -0.05) is 44.9 Å². The summed E-state index contributed by atoms with van der Waals surface area (Å²) in [5, 5.41) is 0. The van der Waals surface area contributed by atoms with Crippen molar-refractivity contribution in [2.24, 2.45) is 0 Å². The van der Waals surface area contributed by atoms with Crippen LogP contribution in [0.15, 0.2) is 0 Å². The molecule has 22 heavy (non-hydrogen) atoms. The average Bonchev–Trinajstić information content (AvgIpc) is 2.39. The molecule has 1 rings (SSSR count). The van der Waals surface area contributed by atoms with Crippen LogP contribution in [-0.4, -0.2) is 23.6 Å². The number of rotatable bonds is 1. The van der Waals surface area contributed by atoms with E-state index in [4.69, 9.17) is 9.47 Å². The average molecular weight is 312 g/mol. The fraction of sp³-hybridized carbons (Fsp3) is 0.889. The van der Waals surface area contributed by atoms with Gasteiger partial charge in [-0.15, -0.1) is 0 Å². The molecule has 0 bridgehead atoms. The Kier molecular flexibility index (Phi) is 8.51. The number of esters is 2. The standard InChI is InChI=1S/C18H32O4/c1-18(2,3)22-17(20)16(19)21-15-13-11-9-7-5-4-6-8-10-12-14-15/h15H,4-14H2,1-3H3. The Bertz CT molecular complexity index is 331. The normalized spacial score (nSPS) is 19.6. The monoisotopic (exact) mass is 312 g/mol. The van der Waals surface area contributed by atoms with Gasteiger partial charge in [0.15, 0.2) is 0 Å². The Hall–Kier alpha value is -1.06. The van der Waals surface area contributed by atoms with Gasteiger partial charge in [0, 0.05) is 0 Å². The fourth-order valence-corrected chi connectivity index (χ4v) is 2.76. The molecule has 1 saturated carbocycles. The van der Waals surface area contributed by atoms with Crippen molar-refractivity contribution in [2.45, 2.75) is 103 Å². The molecule has 128 valence electrons. The molecule has 0 aromatic rings. The Morgan fingerprint density at radius 3 is 1.55 bits per heavy atom. The van der Waals surface area contributed by atoms with E-state index in [2.05, 4.69) is 0 Å². The van der Waals surface area contributed by atoms with Crippen molar-refractivity contribution in [1.29, 1.82) is 0 Å². The van der Waals surface area contributed by atoms with Crippen molar-refractivity contribution >= 4 is 11.9 Å². The number of carbonyl (C=O) groups excluding carboxylic acids is 2. The molecule has 0 spiro atoms. The van der Waals surface area contributed by atoms with E-state index in [9.17, 15) is 9.59 Å². The summed E-state index contributed by atoms with van der Waals surface area (Å²) in [6.07, 6.45) is 12.5. The first-order valence-electron chi connectivity index (χ1n) is 8.82. The molecule has 1 aliphatic carbocycles. The molecule has 0 saturated heterocycles. The number of ether oxygens (including phenoxy) is 2. The highest BCUT2D eigenvalue weighted by Gasteiger charge is 2.26. The predicted octanol–water partition coefficient (Wildman–Crippen LogP) is 4.54. The van der Waals surface area contributed by atoms with E-state index in [0.717, 1.165) is 25.7 Å². The lowest BCUT2D eigenvalue weighted by Gasteiger charge is -2.21. The number of hydrogen-bond donors (Lipinski definition) is 0. The maximum Gasteiger partial charge on any atom is 0.418 e. The third-order valence-electron chi connectivity index (χ3n) is 3.89. The number of carbonyl (C=O) groups is 2. The largest absolute Gasteiger partial charge is 0.454 e. The lowest BCUT2D eigenvalue weighted by Crippen LogP contribution is -2.32. The van der Waals surface area contributed by atoms with Crippen LogP contribution in [0.3, 0.4) is 0 Å². The fourth-order valence-electron chi connectivity index (χ4n) is 2.76. The van der Waals surface area contributed by atoms with Gasteiger partial charge >= 0.3 is 11.9 Å². The van der Waals surface area contributed by atoms with Crippen LogP contribution in [0.2, 0.25) is 0 Å². The van der Waals surface area contributed by atoms with Crippen molar-refractivity contribution in [2.75, 3.05) is 0 Å². The van der Waals surface area contributed by atoms with E-state index in [1.54, 1.807) is 20.8 Å². The molecule has 0 aliphatic heterocycles. The van der Waals surface area contributed by atoms with Gasteiger partial charge in [-0.05, 0) is 46.5 Å². The smallest absolute Gasteiger partial charge is 0.418 e. The van der Waals surface area contributed by atoms with Crippen molar-refractivity contribution in [3.8, 4) is 0 Å². The molecule has 1 fully saturated rings. The predicted molar refractivity (Wildman–Crippen MR) is 86.5 cm³/mol. The van der Waals surface area contributed by atoms with Gasteiger partial charge in [0.25, 0.3) is 0 Å². The van der Waals surface area contributed by atoms with Crippen molar-refractivity contribution in [3.63, 3.8) is 0 Å². The maximum absolute atomic E-state index is 11.9. The molecular formula is C18H32O4. The van der Waals surface area contributed by atoms with Crippen LogP contribution < -0.4 is 0 Å². The van der Waals surface area contributed by atoms with Crippen LogP contribution in [0.5, 0.6) is 0 Å². The summed E-state index contributed by atoms with van der Waals surface area (Å²) in [6, 6.07) is 0. The summed E-state index contributed by atoms with van der Waals surface area (Å²) < 4.78 is 10.5. The van der Waals surface area contributed by atoms with Crippen LogP contribution >= 0.6 is 0 Å². The Balaban J connectivity index is 2.44. The second-order valence-electron chi connectivity index (χ2n) is 7.29. The summed E-state index contributed by atoms with van der Waals surface area (Å²) >= 11 is 0. The first-order chi connectivity index (χ1) is 10.4. The minimum absolute atomic E-state index is 0.139. The summed E-state index contributed by atoms with van der Waals surface area (Å²) in [7, 11) is 0. The zero-order chi connectivity index (χ0) is 16.4. The van der Waals surface area contributed by atoms with E-state index < -0.39 is 17.5 Å². The minimum Gasteiger partial charge on any atom is -0.454 e. The first kappa shape index (κ1) is 19.0. The van der Waals surface area contributed by atoms with Crippen molar-refractivity contribution in [3.05, 3.63) is 0 Å². The van der Waals surface area contributed by atoms with Crippen molar-refractivity contribution in [1.82, 2.24) is 0 Å². The van der Waals surface area contributed by atoms with Gasteiger partial charge in [-0.25, -0.2) is 9.59 Å². The van der Waals surface area contributed by atoms with E-state index in [1.807, 2.05) is 0 Å². The second-order valence-corrected chi connectivity index (χ2v) is 7.29. The highest BCUT2D eigenvalue weighted by Crippen LogP contribution is 2.19. The molecule has 4 nitrogen and oxygen atoms in total. The molecule has 0 aromatic carbocycles. The van der Waals surface area contributed by atoms with Gasteiger partial charge in [0.2, 0.25) is 0 Å². The van der Waals surface area contributed by atoms with Gasteiger partial charge in [-0.3, -0.25) is 0 Å². The molecule has 0 unspecified atom stereocenters. The lowest BCUT2D eigenvalue weighted by atomic mass is 9.99. The molecule has 0 aromatic heterocycles. The molecule has 0 heterocycles. The molecule has 0 amide bonds. The van der Waals surface area contributed by atoms with Crippen molar-refractivity contribution < 1.29 is 19.1 Å². The third kappa shape index (κ3) is 9.06. The first-order valence-corrected chi connectivity index (χ1v) is 8.82. The van der Waals surface area contributed by atoms with Crippen LogP contribution in [0, 0.1) is 0 Å². The highest BCUT2D eigenvalue weighted by atomic mass is 16.6. The maximum atomic E-state index is 11.9. The van der Waals surface area contributed by atoms with E-state index in [-0.39, 0.29) is 6.10 Å². The molecule has 0 N–H and O–H groups in total. The summed E-state index contributed by atoms with van der Waals surface area (Å²) in [4.78, 5) is 23.6. The van der Waals surface area contributed by atoms with Crippen LogP contribution in [0.4, 0.5) is 0 Å². The molecule has 0 atom stereocenters. The van der Waals surface area contributed by atoms with Gasteiger partial charge in [0.05, 0.1) is 0 Å². The van der Waals surface area contributed by atoms with Gasteiger partial charge in [-0.2, -0.15) is 0 Å². The lowest BCUT2D eigenvalue weighted by molar-refractivity contribution is -0.178. The Morgan fingerprint density at radius 1 is 0.727 bits per heavy atom. The van der Waals surface area contributed by atoms with Crippen LogP contribution in [-0.2, 0) is 19.1 Å². The van der Waals surface area contributed by atoms with Crippen LogP contribution in [0.25, 0.3) is 0 Å². The SMILES string of the molecule is CC(C)(C)OC(=O)C(=O)OC1CCCCCCCCCCC1. The second kappa shape index (κ2) is 9.86. The molecular weight excluding hydrogens is 280 g/mol. The quantitative estimate of drug-likeness (QED) is 0.526. The minimum atomic E-state index is -0.876. The Labute approximate surface area is 134 Å². The number of hydrogen-bond acceptors (Lipinski definition) is 4.